The van der Waals surface area contributed by atoms with Crippen LogP contribution >= 0.6 is 0 Å². The molecule has 3 heterocycles. The van der Waals surface area contributed by atoms with Gasteiger partial charge in [-0.3, -0.25) is 9.59 Å². The molecule has 2 amide bonds. The Bertz CT molecular complexity index is 1160. The molecule has 3 aliphatic rings. The van der Waals surface area contributed by atoms with Crippen LogP contribution in [-0.4, -0.2) is 83.7 Å². The number of alkyl halides is 3. The molecular weight excluding hydrogens is 515 g/mol. The molecule has 1 aromatic carbocycles. The molecule has 0 radical (unpaired) electrons. The molecule has 0 aromatic heterocycles. The highest BCUT2D eigenvalue weighted by molar-refractivity contribution is 7.86. The number of likely N-dealkylation sites (tertiary alicyclic amines) is 1. The molecule has 0 bridgehead atoms. The van der Waals surface area contributed by atoms with Crippen LogP contribution in [0.1, 0.15) is 30.4 Å². The molecule has 3 fully saturated rings. The van der Waals surface area contributed by atoms with E-state index in [4.69, 9.17) is 5.26 Å². The number of carbonyl (C=O) groups excluding carboxylic acids is 2. The van der Waals surface area contributed by atoms with Gasteiger partial charge in [0.05, 0.1) is 29.6 Å². The number of aliphatic hydroxyl groups is 1. The normalized spacial score (nSPS) is 25.9. The number of nitrogens with zero attached hydrogens (tertiary/aromatic N) is 4. The molecule has 0 aliphatic carbocycles. The molecule has 0 spiro atoms. The molecular formula is C23H28F3N5O5S. The van der Waals surface area contributed by atoms with Crippen molar-refractivity contribution in [3.63, 3.8) is 0 Å². The summed E-state index contributed by atoms with van der Waals surface area (Å²) in [5.74, 6) is -2.00. The maximum atomic E-state index is 13.3. The minimum absolute atomic E-state index is 0.00262. The highest BCUT2D eigenvalue weighted by Crippen LogP contribution is 2.30. The molecule has 4 rings (SSSR count). The maximum Gasteiger partial charge on any atom is 0.416 e. The van der Waals surface area contributed by atoms with Gasteiger partial charge in [0, 0.05) is 45.7 Å². The van der Waals surface area contributed by atoms with E-state index in [9.17, 15) is 36.3 Å². The highest BCUT2D eigenvalue weighted by Gasteiger charge is 2.45. The van der Waals surface area contributed by atoms with Crippen molar-refractivity contribution in [2.24, 2.45) is 11.8 Å². The average Bonchev–Trinajstić information content (AvgIpc) is 3.22. The first-order chi connectivity index (χ1) is 17.4. The average molecular weight is 544 g/mol. The number of nitriles is 1. The molecule has 1 aromatic rings. The number of benzene rings is 1. The number of rotatable bonds is 6. The first-order valence-corrected chi connectivity index (χ1v) is 13.4. The lowest BCUT2D eigenvalue weighted by molar-refractivity contribution is -0.142. The van der Waals surface area contributed by atoms with Crippen LogP contribution in [0.25, 0.3) is 0 Å². The van der Waals surface area contributed by atoms with Crippen LogP contribution in [0.4, 0.5) is 13.2 Å². The number of aliphatic hydroxyl groups excluding tert-OH is 1. The van der Waals surface area contributed by atoms with E-state index in [1.54, 1.807) is 0 Å². The van der Waals surface area contributed by atoms with Gasteiger partial charge in [0.25, 0.3) is 10.2 Å². The first-order valence-electron chi connectivity index (χ1n) is 12.0. The standard InChI is InChI=1S/C23H28F3N5O5S/c24-23(25,26)18-5-3-15(4-6-18)10-28-21(33)20-8-19(32)14-31(20)22(34)17-2-1-7-29(13-17)37(35,36)30-11-16(9-27)12-30/h3-6,16-17,19-20,32H,1-2,7-8,10-14H2,(H,28,33)/t17-,19-,20+/m0/s1. The third-order valence-corrected chi connectivity index (χ3v) is 8.96. The third kappa shape index (κ3) is 5.90. The molecule has 10 nitrogen and oxygen atoms in total. The lowest BCUT2D eigenvalue weighted by Crippen LogP contribution is -2.57. The van der Waals surface area contributed by atoms with Crippen LogP contribution in [0, 0.1) is 23.2 Å². The van der Waals surface area contributed by atoms with E-state index in [2.05, 4.69) is 5.32 Å². The van der Waals surface area contributed by atoms with E-state index >= 15 is 0 Å². The van der Waals surface area contributed by atoms with E-state index in [1.807, 2.05) is 6.07 Å². The molecule has 14 heteroatoms. The quantitative estimate of drug-likeness (QED) is 0.543. The monoisotopic (exact) mass is 543 g/mol. The zero-order valence-electron chi connectivity index (χ0n) is 19.9. The fourth-order valence-corrected chi connectivity index (χ4v) is 6.68. The van der Waals surface area contributed by atoms with Crippen LogP contribution in [0.15, 0.2) is 24.3 Å². The number of nitrogens with one attached hydrogen (secondary N) is 1. The van der Waals surface area contributed by atoms with Gasteiger partial charge in [0.15, 0.2) is 0 Å². The van der Waals surface area contributed by atoms with Crippen molar-refractivity contribution in [1.82, 2.24) is 18.8 Å². The van der Waals surface area contributed by atoms with Crippen molar-refractivity contribution >= 4 is 22.0 Å². The number of hydrogen-bond acceptors (Lipinski definition) is 6. The summed E-state index contributed by atoms with van der Waals surface area (Å²) in [5, 5.41) is 21.7. The zero-order valence-corrected chi connectivity index (χ0v) is 20.7. The Labute approximate surface area is 212 Å². The number of β-amino-alcohol motifs (C(OH)–C–C–N with tert-alkyl or cyclic N) is 1. The summed E-state index contributed by atoms with van der Waals surface area (Å²) < 4.78 is 66.5. The van der Waals surface area contributed by atoms with Crippen molar-refractivity contribution in [3.05, 3.63) is 35.4 Å². The Balaban J connectivity index is 1.37. The van der Waals surface area contributed by atoms with Gasteiger partial charge in [0.2, 0.25) is 11.8 Å². The second-order valence-electron chi connectivity index (χ2n) is 9.66. The molecule has 202 valence electrons. The Kier molecular flexibility index (Phi) is 7.80. The van der Waals surface area contributed by atoms with Crippen LogP contribution in [0.3, 0.4) is 0 Å². The van der Waals surface area contributed by atoms with Gasteiger partial charge in [-0.05, 0) is 30.5 Å². The molecule has 0 unspecified atom stereocenters. The Morgan fingerprint density at radius 3 is 2.41 bits per heavy atom. The number of piperidine rings is 1. The van der Waals surface area contributed by atoms with Crippen molar-refractivity contribution in [2.45, 2.75) is 44.1 Å². The third-order valence-electron chi connectivity index (χ3n) is 7.03. The summed E-state index contributed by atoms with van der Waals surface area (Å²) in [7, 11) is -3.80. The zero-order chi connectivity index (χ0) is 27.0. The summed E-state index contributed by atoms with van der Waals surface area (Å²) in [4.78, 5) is 27.5. The summed E-state index contributed by atoms with van der Waals surface area (Å²) in [5.41, 5.74) is -0.365. The SMILES string of the molecule is N#CC1CN(S(=O)(=O)N2CCC[C@H](C(=O)N3C[C@@H](O)C[C@@H]3C(=O)NCc3ccc(C(F)(F)F)cc3)C2)C1. The van der Waals surface area contributed by atoms with E-state index in [0.717, 1.165) is 12.1 Å². The van der Waals surface area contributed by atoms with Crippen LogP contribution in [-0.2, 0) is 32.5 Å². The molecule has 3 atom stereocenters. The Morgan fingerprint density at radius 1 is 1.11 bits per heavy atom. The van der Waals surface area contributed by atoms with Gasteiger partial charge in [-0.15, -0.1) is 0 Å². The van der Waals surface area contributed by atoms with Gasteiger partial charge < -0.3 is 15.3 Å². The van der Waals surface area contributed by atoms with E-state index < -0.39 is 51.8 Å². The van der Waals surface area contributed by atoms with E-state index in [0.29, 0.717) is 18.4 Å². The summed E-state index contributed by atoms with van der Waals surface area (Å²) in [6.07, 6.45) is -4.52. The summed E-state index contributed by atoms with van der Waals surface area (Å²) >= 11 is 0. The van der Waals surface area contributed by atoms with Crippen LogP contribution in [0.5, 0.6) is 0 Å². The van der Waals surface area contributed by atoms with Gasteiger partial charge in [-0.2, -0.15) is 35.5 Å². The van der Waals surface area contributed by atoms with Crippen molar-refractivity contribution < 1.29 is 36.3 Å². The van der Waals surface area contributed by atoms with E-state index in [1.165, 1.54) is 25.6 Å². The van der Waals surface area contributed by atoms with Gasteiger partial charge in [0.1, 0.15) is 6.04 Å². The van der Waals surface area contributed by atoms with E-state index in [-0.39, 0.29) is 51.6 Å². The van der Waals surface area contributed by atoms with Crippen molar-refractivity contribution in [1.29, 1.82) is 5.26 Å². The summed E-state index contributed by atoms with van der Waals surface area (Å²) in [6, 6.07) is 5.39. The smallest absolute Gasteiger partial charge is 0.391 e. The first kappa shape index (κ1) is 27.3. The number of carbonyl (C=O) groups is 2. The lowest BCUT2D eigenvalue weighted by Gasteiger charge is -2.41. The van der Waals surface area contributed by atoms with Crippen LogP contribution in [0.2, 0.25) is 0 Å². The fraction of sp³-hybridized carbons (Fsp3) is 0.609. The van der Waals surface area contributed by atoms with Crippen molar-refractivity contribution in [2.75, 3.05) is 32.7 Å². The largest absolute Gasteiger partial charge is 0.416 e. The predicted molar refractivity (Wildman–Crippen MR) is 123 cm³/mol. The Hall–Kier alpha value is -2.73. The van der Waals surface area contributed by atoms with Crippen molar-refractivity contribution in [3.8, 4) is 6.07 Å². The topological polar surface area (TPSA) is 134 Å². The molecule has 3 aliphatic heterocycles. The minimum Gasteiger partial charge on any atom is -0.391 e. The fourth-order valence-electron chi connectivity index (χ4n) is 4.88. The summed E-state index contributed by atoms with van der Waals surface area (Å²) in [6.45, 7) is 0.304. The number of hydrogen-bond donors (Lipinski definition) is 2. The second kappa shape index (κ2) is 10.6. The highest BCUT2D eigenvalue weighted by atomic mass is 32.2. The molecule has 0 saturated carbocycles. The number of amides is 2. The Morgan fingerprint density at radius 2 is 1.78 bits per heavy atom. The van der Waals surface area contributed by atoms with Gasteiger partial charge >= 0.3 is 6.18 Å². The minimum atomic E-state index is -4.47. The van der Waals surface area contributed by atoms with Gasteiger partial charge in [-0.1, -0.05) is 12.1 Å². The maximum absolute atomic E-state index is 13.3. The second-order valence-corrected chi connectivity index (χ2v) is 11.6. The molecule has 3 saturated heterocycles. The molecule has 2 N–H and O–H groups in total. The molecule has 37 heavy (non-hydrogen) atoms. The predicted octanol–water partition coefficient (Wildman–Crippen LogP) is 0.696. The lowest BCUT2D eigenvalue weighted by atomic mass is 9.97. The number of halogens is 3. The van der Waals surface area contributed by atoms with Crippen LogP contribution < -0.4 is 5.32 Å². The van der Waals surface area contributed by atoms with Gasteiger partial charge in [-0.25, -0.2) is 0 Å².